The van der Waals surface area contributed by atoms with Crippen molar-refractivity contribution in [1.29, 1.82) is 0 Å². The number of aliphatic hydroxyl groups is 1. The van der Waals surface area contributed by atoms with Gasteiger partial charge < -0.3 is 15.4 Å². The van der Waals surface area contributed by atoms with E-state index in [1.54, 1.807) is 24.3 Å². The van der Waals surface area contributed by atoms with E-state index in [-0.39, 0.29) is 12.5 Å². The molecule has 0 spiro atoms. The Labute approximate surface area is 129 Å². The van der Waals surface area contributed by atoms with Crippen molar-refractivity contribution in [3.8, 4) is 0 Å². The summed E-state index contributed by atoms with van der Waals surface area (Å²) in [5, 5.41) is 12.9. The first-order valence-corrected chi connectivity index (χ1v) is 7.24. The smallest absolute Gasteiger partial charge is 0.272 e. The van der Waals surface area contributed by atoms with E-state index < -0.39 is 0 Å². The summed E-state index contributed by atoms with van der Waals surface area (Å²) < 4.78 is 0.969. The van der Waals surface area contributed by atoms with Crippen molar-refractivity contribution in [3.05, 3.63) is 64.3 Å². The van der Waals surface area contributed by atoms with Crippen molar-refractivity contribution < 1.29 is 9.90 Å². The topological polar surface area (TPSA) is 65.1 Å². The number of nitrogens with one attached hydrogen (secondary N) is 2. The fourth-order valence-electron chi connectivity index (χ4n) is 2.17. The molecule has 0 saturated heterocycles. The molecule has 0 aliphatic carbocycles. The van der Waals surface area contributed by atoms with E-state index in [9.17, 15) is 4.79 Å². The molecule has 3 N–H and O–H groups in total. The maximum absolute atomic E-state index is 12.3. The molecule has 0 unspecified atom stereocenters. The number of aromatic nitrogens is 1. The van der Waals surface area contributed by atoms with Gasteiger partial charge in [-0.25, -0.2) is 0 Å². The normalized spacial score (nSPS) is 10.8. The monoisotopic (exact) mass is 344 g/mol. The predicted molar refractivity (Wildman–Crippen MR) is 86.3 cm³/mol. The number of aromatic amines is 1. The second kappa shape index (κ2) is 5.71. The molecule has 1 aromatic heterocycles. The quantitative estimate of drug-likeness (QED) is 0.678. The van der Waals surface area contributed by atoms with Gasteiger partial charge in [0.2, 0.25) is 0 Å². The highest BCUT2D eigenvalue weighted by Gasteiger charge is 2.10. The number of benzene rings is 2. The second-order valence-electron chi connectivity index (χ2n) is 4.73. The van der Waals surface area contributed by atoms with Crippen LogP contribution in [0.25, 0.3) is 10.9 Å². The highest BCUT2D eigenvalue weighted by molar-refractivity contribution is 9.10. The van der Waals surface area contributed by atoms with Gasteiger partial charge in [-0.3, -0.25) is 4.79 Å². The van der Waals surface area contributed by atoms with Crippen LogP contribution in [0.4, 0.5) is 5.69 Å². The lowest BCUT2D eigenvalue weighted by molar-refractivity contribution is 0.102. The zero-order valence-corrected chi connectivity index (χ0v) is 12.6. The van der Waals surface area contributed by atoms with Gasteiger partial charge in [-0.05, 0) is 42.0 Å². The Balaban J connectivity index is 1.86. The molecule has 106 valence electrons. The standard InChI is InChI=1S/C16H13BrN2O2/c17-12-4-5-14-11(7-12)8-15(19-14)16(21)18-13-3-1-2-10(6-13)9-20/h1-8,19-20H,9H2,(H,18,21). The molecular formula is C16H13BrN2O2. The molecule has 0 aliphatic rings. The molecule has 1 heterocycles. The maximum Gasteiger partial charge on any atom is 0.272 e. The van der Waals surface area contributed by atoms with Crippen molar-refractivity contribution in [2.75, 3.05) is 5.32 Å². The zero-order valence-electron chi connectivity index (χ0n) is 11.1. The molecule has 0 atom stereocenters. The summed E-state index contributed by atoms with van der Waals surface area (Å²) in [5.41, 5.74) is 2.82. The average Bonchev–Trinajstić information content (AvgIpc) is 2.90. The summed E-state index contributed by atoms with van der Waals surface area (Å²) in [6, 6.07) is 14.7. The van der Waals surface area contributed by atoms with Crippen LogP contribution in [0.2, 0.25) is 0 Å². The minimum Gasteiger partial charge on any atom is -0.392 e. The number of hydrogen-bond acceptors (Lipinski definition) is 2. The second-order valence-corrected chi connectivity index (χ2v) is 5.64. The van der Waals surface area contributed by atoms with Gasteiger partial charge in [-0.1, -0.05) is 28.1 Å². The summed E-state index contributed by atoms with van der Waals surface area (Å²) >= 11 is 3.41. The molecule has 0 aliphatic heterocycles. The van der Waals surface area contributed by atoms with Crippen LogP contribution in [0.15, 0.2) is 53.0 Å². The summed E-state index contributed by atoms with van der Waals surface area (Å²) in [5.74, 6) is -0.211. The molecule has 4 nitrogen and oxygen atoms in total. The Bertz CT molecular complexity index is 811. The highest BCUT2D eigenvalue weighted by atomic mass is 79.9. The number of fused-ring (bicyclic) bond motifs is 1. The van der Waals surface area contributed by atoms with Gasteiger partial charge in [0.05, 0.1) is 6.61 Å². The fraction of sp³-hybridized carbons (Fsp3) is 0.0625. The van der Waals surface area contributed by atoms with Crippen LogP contribution in [0.1, 0.15) is 16.1 Å². The van der Waals surface area contributed by atoms with E-state index in [0.29, 0.717) is 11.4 Å². The third-order valence-corrected chi connectivity index (χ3v) is 3.69. The third kappa shape index (κ3) is 2.99. The number of anilines is 1. The molecule has 0 saturated carbocycles. The molecule has 2 aromatic carbocycles. The maximum atomic E-state index is 12.3. The van der Waals surface area contributed by atoms with Gasteiger partial charge in [0.15, 0.2) is 0 Å². The molecule has 0 bridgehead atoms. The SMILES string of the molecule is O=C(Nc1cccc(CO)c1)c1cc2cc(Br)ccc2[nH]1. The van der Waals surface area contributed by atoms with Crippen LogP contribution in [0.5, 0.6) is 0 Å². The first-order valence-electron chi connectivity index (χ1n) is 6.45. The van der Waals surface area contributed by atoms with E-state index in [1.807, 2.05) is 24.3 Å². The minimum atomic E-state index is -0.211. The first kappa shape index (κ1) is 13.9. The lowest BCUT2D eigenvalue weighted by Gasteiger charge is -2.05. The summed E-state index contributed by atoms with van der Waals surface area (Å²) in [7, 11) is 0. The average molecular weight is 345 g/mol. The Morgan fingerprint density at radius 3 is 2.86 bits per heavy atom. The molecule has 0 radical (unpaired) electrons. The molecule has 0 fully saturated rings. The minimum absolute atomic E-state index is 0.0515. The molecule has 3 aromatic rings. The Hall–Kier alpha value is -2.11. The number of carbonyl (C=O) groups is 1. The number of rotatable bonds is 3. The van der Waals surface area contributed by atoms with E-state index in [4.69, 9.17) is 5.11 Å². The Morgan fingerprint density at radius 2 is 2.05 bits per heavy atom. The molecule has 5 heteroatoms. The van der Waals surface area contributed by atoms with Crippen LogP contribution < -0.4 is 5.32 Å². The molecule has 3 rings (SSSR count). The van der Waals surface area contributed by atoms with E-state index in [1.165, 1.54) is 0 Å². The number of halogens is 1. The zero-order chi connectivity index (χ0) is 14.8. The molecule has 21 heavy (non-hydrogen) atoms. The van der Waals surface area contributed by atoms with Crippen molar-refractivity contribution >= 4 is 38.4 Å². The highest BCUT2D eigenvalue weighted by Crippen LogP contribution is 2.21. The summed E-state index contributed by atoms with van der Waals surface area (Å²) in [6.07, 6.45) is 0. The van der Waals surface area contributed by atoms with Gasteiger partial charge in [0, 0.05) is 21.1 Å². The predicted octanol–water partition coefficient (Wildman–Crippen LogP) is 3.68. The fourth-order valence-corrected chi connectivity index (χ4v) is 2.55. The molecular weight excluding hydrogens is 332 g/mol. The van der Waals surface area contributed by atoms with Crippen molar-refractivity contribution in [1.82, 2.24) is 4.98 Å². The number of amides is 1. The summed E-state index contributed by atoms with van der Waals surface area (Å²) in [4.78, 5) is 15.3. The van der Waals surface area contributed by atoms with Gasteiger partial charge in [-0.2, -0.15) is 0 Å². The van der Waals surface area contributed by atoms with E-state index in [0.717, 1.165) is 20.9 Å². The Kier molecular flexibility index (Phi) is 3.77. The van der Waals surface area contributed by atoms with E-state index in [2.05, 4.69) is 26.2 Å². The lowest BCUT2D eigenvalue weighted by atomic mass is 10.2. The number of H-pyrrole nitrogens is 1. The van der Waals surface area contributed by atoms with Gasteiger partial charge >= 0.3 is 0 Å². The van der Waals surface area contributed by atoms with Crippen LogP contribution in [0.3, 0.4) is 0 Å². The van der Waals surface area contributed by atoms with Gasteiger partial charge in [0.1, 0.15) is 5.69 Å². The van der Waals surface area contributed by atoms with Crippen molar-refractivity contribution in [3.63, 3.8) is 0 Å². The van der Waals surface area contributed by atoms with Crippen molar-refractivity contribution in [2.45, 2.75) is 6.61 Å². The first-order chi connectivity index (χ1) is 10.2. The van der Waals surface area contributed by atoms with Crippen molar-refractivity contribution in [2.24, 2.45) is 0 Å². The van der Waals surface area contributed by atoms with Gasteiger partial charge in [-0.15, -0.1) is 0 Å². The number of hydrogen-bond donors (Lipinski definition) is 3. The van der Waals surface area contributed by atoms with Crippen LogP contribution in [-0.2, 0) is 6.61 Å². The van der Waals surface area contributed by atoms with E-state index >= 15 is 0 Å². The third-order valence-electron chi connectivity index (χ3n) is 3.19. The lowest BCUT2D eigenvalue weighted by Crippen LogP contribution is -2.12. The van der Waals surface area contributed by atoms with Crippen LogP contribution in [-0.4, -0.2) is 16.0 Å². The van der Waals surface area contributed by atoms with Crippen LogP contribution >= 0.6 is 15.9 Å². The number of aliphatic hydroxyl groups excluding tert-OH is 1. The van der Waals surface area contributed by atoms with Gasteiger partial charge in [0.25, 0.3) is 5.91 Å². The Morgan fingerprint density at radius 1 is 1.19 bits per heavy atom. The number of carbonyl (C=O) groups excluding carboxylic acids is 1. The van der Waals surface area contributed by atoms with Crippen LogP contribution in [0, 0.1) is 0 Å². The largest absolute Gasteiger partial charge is 0.392 e. The molecule has 1 amide bonds. The summed E-state index contributed by atoms with van der Waals surface area (Å²) in [6.45, 7) is -0.0515.